The predicted molar refractivity (Wildman–Crippen MR) is 138 cm³/mol. The van der Waals surface area contributed by atoms with Crippen molar-refractivity contribution in [1.82, 2.24) is 14.5 Å². The normalized spacial score (nSPS) is 15.1. The highest BCUT2D eigenvalue weighted by atomic mass is 35.5. The van der Waals surface area contributed by atoms with Crippen molar-refractivity contribution in [2.24, 2.45) is 5.92 Å². The van der Waals surface area contributed by atoms with Gasteiger partial charge in [-0.1, -0.05) is 0 Å². The number of halogens is 4. The summed E-state index contributed by atoms with van der Waals surface area (Å²) in [6, 6.07) is 8.95. The zero-order valence-electron chi connectivity index (χ0n) is 21.2. The summed E-state index contributed by atoms with van der Waals surface area (Å²) in [4.78, 5) is 20.4. The van der Waals surface area contributed by atoms with Crippen LogP contribution in [-0.4, -0.2) is 63.3 Å². The standard InChI is InChI=1S/C25H27ClF3N5O6/c26-24-31-23(34(36)37)14-33(24)12-9-18(35)16-39-21-5-6-22(30-13-21)32-10-7-17(8-11-32)15-38-19-1-3-20(4-2-19)40-25(27,28)29/h1-6,13-14,17-18,35H,7-12,15-16H2. The first kappa shape index (κ1) is 29.2. The molecule has 0 bridgehead atoms. The van der Waals surface area contributed by atoms with Gasteiger partial charge in [-0.05, 0) is 83.1 Å². The molecule has 1 aliphatic rings. The lowest BCUT2D eigenvalue weighted by Gasteiger charge is -2.32. The molecule has 1 fully saturated rings. The van der Waals surface area contributed by atoms with Crippen molar-refractivity contribution < 1.29 is 37.4 Å². The number of rotatable bonds is 12. The summed E-state index contributed by atoms with van der Waals surface area (Å²) in [5, 5.41) is 21.0. The molecule has 2 aromatic heterocycles. The van der Waals surface area contributed by atoms with E-state index >= 15 is 0 Å². The molecule has 1 aromatic carbocycles. The molecule has 3 heterocycles. The highest BCUT2D eigenvalue weighted by Crippen LogP contribution is 2.27. The van der Waals surface area contributed by atoms with E-state index in [4.69, 9.17) is 21.1 Å². The van der Waals surface area contributed by atoms with Gasteiger partial charge >= 0.3 is 17.5 Å². The fourth-order valence-corrected chi connectivity index (χ4v) is 4.33. The quantitative estimate of drug-likeness (QED) is 0.234. The molecule has 0 spiro atoms. The lowest BCUT2D eigenvalue weighted by molar-refractivity contribution is -0.389. The van der Waals surface area contributed by atoms with E-state index in [1.165, 1.54) is 35.0 Å². The van der Waals surface area contributed by atoms with Crippen LogP contribution in [-0.2, 0) is 6.54 Å². The van der Waals surface area contributed by atoms with Gasteiger partial charge in [-0.25, -0.2) is 4.98 Å². The number of hydrogen-bond donors (Lipinski definition) is 1. The Labute approximate surface area is 232 Å². The summed E-state index contributed by atoms with van der Waals surface area (Å²) in [6.07, 6.45) is -0.766. The zero-order valence-corrected chi connectivity index (χ0v) is 21.9. The second-order valence-electron chi connectivity index (χ2n) is 9.18. The van der Waals surface area contributed by atoms with Crippen LogP contribution >= 0.6 is 11.6 Å². The number of benzene rings is 1. The van der Waals surface area contributed by atoms with Crippen molar-refractivity contribution in [3.05, 3.63) is 64.2 Å². The van der Waals surface area contributed by atoms with Crippen LogP contribution in [0.4, 0.5) is 24.8 Å². The lowest BCUT2D eigenvalue weighted by atomic mass is 9.98. The molecule has 0 saturated carbocycles. The van der Waals surface area contributed by atoms with Gasteiger partial charge in [0.15, 0.2) is 0 Å². The Morgan fingerprint density at radius 2 is 1.77 bits per heavy atom. The van der Waals surface area contributed by atoms with Crippen molar-refractivity contribution in [3.63, 3.8) is 0 Å². The molecule has 4 rings (SSSR count). The average molecular weight is 586 g/mol. The lowest BCUT2D eigenvalue weighted by Crippen LogP contribution is -2.36. The number of nitro groups is 1. The van der Waals surface area contributed by atoms with E-state index in [9.17, 15) is 28.4 Å². The van der Waals surface area contributed by atoms with Crippen LogP contribution in [0.5, 0.6) is 17.2 Å². The van der Waals surface area contributed by atoms with Crippen LogP contribution < -0.4 is 19.1 Å². The third-order valence-electron chi connectivity index (χ3n) is 6.25. The van der Waals surface area contributed by atoms with Crippen molar-refractivity contribution in [2.75, 3.05) is 31.2 Å². The van der Waals surface area contributed by atoms with Gasteiger partial charge in [0.1, 0.15) is 35.9 Å². The molecule has 1 atom stereocenters. The predicted octanol–water partition coefficient (Wildman–Crippen LogP) is 4.86. The van der Waals surface area contributed by atoms with Gasteiger partial charge in [-0.3, -0.25) is 4.57 Å². The summed E-state index contributed by atoms with van der Waals surface area (Å²) >= 11 is 5.88. The Balaban J connectivity index is 1.15. The molecule has 0 amide bonds. The van der Waals surface area contributed by atoms with Gasteiger partial charge in [0.05, 0.1) is 18.9 Å². The number of aromatic nitrogens is 3. The summed E-state index contributed by atoms with van der Waals surface area (Å²) < 4.78 is 53.4. The van der Waals surface area contributed by atoms with Crippen molar-refractivity contribution in [1.29, 1.82) is 0 Å². The first-order valence-electron chi connectivity index (χ1n) is 12.4. The zero-order chi connectivity index (χ0) is 28.7. The number of ether oxygens (including phenoxy) is 3. The van der Waals surface area contributed by atoms with Crippen molar-refractivity contribution in [3.8, 4) is 17.2 Å². The highest BCUT2D eigenvalue weighted by Gasteiger charge is 2.31. The maximum absolute atomic E-state index is 12.3. The van der Waals surface area contributed by atoms with E-state index < -0.39 is 17.4 Å². The van der Waals surface area contributed by atoms with E-state index in [1.807, 2.05) is 6.07 Å². The van der Waals surface area contributed by atoms with Gasteiger partial charge in [0.25, 0.3) is 0 Å². The Bertz CT molecular complexity index is 1250. The smallest absolute Gasteiger partial charge is 0.493 e. The second-order valence-corrected chi connectivity index (χ2v) is 9.52. The second kappa shape index (κ2) is 13.0. The number of alkyl halides is 3. The van der Waals surface area contributed by atoms with Gasteiger partial charge in [0.2, 0.25) is 0 Å². The van der Waals surface area contributed by atoms with Crippen LogP contribution in [0, 0.1) is 16.0 Å². The Hall–Kier alpha value is -3.78. The molecule has 0 aliphatic carbocycles. The Morgan fingerprint density at radius 1 is 1.10 bits per heavy atom. The third-order valence-corrected chi connectivity index (χ3v) is 6.55. The third kappa shape index (κ3) is 8.61. The number of hydrogen-bond acceptors (Lipinski definition) is 9. The SMILES string of the molecule is O=[N+]([O-])c1cn(CCC(O)COc2ccc(N3CCC(COc4ccc(OC(F)(F)F)cc4)CC3)nc2)c(Cl)n1. The Morgan fingerprint density at radius 3 is 2.38 bits per heavy atom. The van der Waals surface area contributed by atoms with E-state index in [0.29, 0.717) is 24.0 Å². The molecule has 216 valence electrons. The monoisotopic (exact) mass is 585 g/mol. The van der Waals surface area contributed by atoms with E-state index in [0.717, 1.165) is 31.7 Å². The molecule has 1 aliphatic heterocycles. The number of aliphatic hydroxyl groups is 1. The van der Waals surface area contributed by atoms with Crippen LogP contribution in [0.2, 0.25) is 5.28 Å². The number of aliphatic hydroxyl groups excluding tert-OH is 1. The largest absolute Gasteiger partial charge is 0.573 e. The molecule has 1 N–H and O–H groups in total. The molecular formula is C25H27ClF3N5O6. The van der Waals surface area contributed by atoms with Crippen molar-refractivity contribution >= 4 is 23.2 Å². The number of nitrogens with zero attached hydrogens (tertiary/aromatic N) is 5. The molecule has 11 nitrogen and oxygen atoms in total. The summed E-state index contributed by atoms with van der Waals surface area (Å²) in [5.41, 5.74) is 0. The van der Waals surface area contributed by atoms with E-state index in [-0.39, 0.29) is 36.4 Å². The van der Waals surface area contributed by atoms with Crippen LogP contribution in [0.15, 0.2) is 48.8 Å². The van der Waals surface area contributed by atoms with E-state index in [2.05, 4.69) is 19.6 Å². The summed E-state index contributed by atoms with van der Waals surface area (Å²) in [7, 11) is 0. The minimum Gasteiger partial charge on any atom is -0.493 e. The van der Waals surface area contributed by atoms with Crippen LogP contribution in [0.25, 0.3) is 0 Å². The molecule has 40 heavy (non-hydrogen) atoms. The fourth-order valence-electron chi connectivity index (χ4n) is 4.11. The van der Waals surface area contributed by atoms with Gasteiger partial charge in [0, 0.05) is 19.6 Å². The first-order chi connectivity index (χ1) is 19.1. The molecule has 1 unspecified atom stereocenters. The highest BCUT2D eigenvalue weighted by molar-refractivity contribution is 6.28. The topological polar surface area (TPSA) is 125 Å². The number of aryl methyl sites for hydroxylation is 1. The van der Waals surface area contributed by atoms with E-state index in [1.54, 1.807) is 12.3 Å². The molecular weight excluding hydrogens is 559 g/mol. The first-order valence-corrected chi connectivity index (χ1v) is 12.8. The number of piperidine rings is 1. The average Bonchev–Trinajstić information content (AvgIpc) is 3.31. The van der Waals surface area contributed by atoms with Crippen molar-refractivity contribution in [2.45, 2.75) is 38.3 Å². The molecule has 0 radical (unpaired) electrons. The number of pyridine rings is 1. The fraction of sp³-hybridized carbons (Fsp3) is 0.440. The summed E-state index contributed by atoms with van der Waals surface area (Å²) in [6.45, 7) is 2.25. The number of imidazole rings is 1. The van der Waals surface area contributed by atoms with Crippen LogP contribution in [0.3, 0.4) is 0 Å². The maximum Gasteiger partial charge on any atom is 0.573 e. The van der Waals surface area contributed by atoms with Crippen LogP contribution in [0.1, 0.15) is 19.3 Å². The van der Waals surface area contributed by atoms with Gasteiger partial charge in [-0.15, -0.1) is 13.2 Å². The minimum absolute atomic E-state index is 0.0128. The molecule has 3 aromatic rings. The van der Waals surface area contributed by atoms with Gasteiger partial charge < -0.3 is 34.3 Å². The summed E-state index contributed by atoms with van der Waals surface area (Å²) in [5.74, 6) is 1.42. The van der Waals surface area contributed by atoms with Gasteiger partial charge in [-0.2, -0.15) is 0 Å². The Kier molecular flexibility index (Phi) is 9.53. The molecule has 15 heteroatoms. The minimum atomic E-state index is -4.73. The number of anilines is 1. The maximum atomic E-state index is 12.3. The molecule has 1 saturated heterocycles.